The van der Waals surface area contributed by atoms with E-state index in [-0.39, 0.29) is 18.3 Å². The molecule has 2 N–H and O–H groups in total. The first-order chi connectivity index (χ1) is 12.1. The maximum Gasteiger partial charge on any atom is 0.220 e. The normalized spacial score (nSPS) is 18.0. The largest absolute Gasteiger partial charge is 0.351 e. The smallest absolute Gasteiger partial charge is 0.220 e. The van der Waals surface area contributed by atoms with E-state index in [2.05, 4.69) is 34.7 Å². The third kappa shape index (κ3) is 5.53. The zero-order valence-electron chi connectivity index (χ0n) is 15.5. The molecule has 1 aromatic heterocycles. The molecule has 2 heterocycles. The zero-order chi connectivity index (χ0) is 17.6. The second-order valence-electron chi connectivity index (χ2n) is 6.96. The number of aromatic nitrogens is 1. The first-order valence-electron chi connectivity index (χ1n) is 9.12. The fraction of sp³-hybridized carbons (Fsp3) is 0.500. The van der Waals surface area contributed by atoms with E-state index in [9.17, 15) is 4.79 Å². The van der Waals surface area contributed by atoms with Crippen LogP contribution in [0.2, 0.25) is 0 Å². The Morgan fingerprint density at radius 1 is 1.38 bits per heavy atom. The van der Waals surface area contributed by atoms with E-state index in [1.807, 2.05) is 25.1 Å². The number of carbonyl (C=O) groups excluding carboxylic acids is 1. The third-order valence-electron chi connectivity index (χ3n) is 5.01. The molecule has 1 saturated heterocycles. The van der Waals surface area contributed by atoms with Crippen LogP contribution >= 0.6 is 23.7 Å². The van der Waals surface area contributed by atoms with Gasteiger partial charge in [-0.15, -0.1) is 23.7 Å². The second-order valence-corrected chi connectivity index (χ2v) is 8.04. The van der Waals surface area contributed by atoms with Crippen molar-refractivity contribution in [1.29, 1.82) is 0 Å². The average Bonchev–Trinajstić information content (AvgIpc) is 3.02. The summed E-state index contributed by atoms with van der Waals surface area (Å²) in [5.74, 6) is 1.19. The Hall–Kier alpha value is -1.43. The van der Waals surface area contributed by atoms with Gasteiger partial charge in [0.15, 0.2) is 0 Å². The van der Waals surface area contributed by atoms with Gasteiger partial charge in [-0.25, -0.2) is 4.98 Å². The lowest BCUT2D eigenvalue weighted by molar-refractivity contribution is -0.122. The van der Waals surface area contributed by atoms with E-state index in [4.69, 9.17) is 0 Å². The number of amides is 1. The summed E-state index contributed by atoms with van der Waals surface area (Å²) < 4.78 is 0. The lowest BCUT2D eigenvalue weighted by Crippen LogP contribution is -2.35. The van der Waals surface area contributed by atoms with E-state index in [0.29, 0.717) is 24.8 Å². The minimum atomic E-state index is 0. The molecule has 4 nitrogen and oxygen atoms in total. The number of piperidine rings is 1. The summed E-state index contributed by atoms with van der Waals surface area (Å²) in [6, 6.07) is 10.2. The quantitative estimate of drug-likeness (QED) is 0.773. The van der Waals surface area contributed by atoms with Gasteiger partial charge >= 0.3 is 0 Å². The van der Waals surface area contributed by atoms with Gasteiger partial charge in [-0.05, 0) is 44.7 Å². The molecular weight excluding hydrogens is 366 g/mol. The highest BCUT2D eigenvalue weighted by Gasteiger charge is 2.22. The molecule has 0 aliphatic carbocycles. The van der Waals surface area contributed by atoms with Crippen LogP contribution < -0.4 is 10.6 Å². The highest BCUT2D eigenvalue weighted by molar-refractivity contribution is 7.15. The summed E-state index contributed by atoms with van der Waals surface area (Å²) >= 11 is 1.67. The molecule has 0 spiro atoms. The van der Waals surface area contributed by atoms with Crippen molar-refractivity contribution in [3.05, 3.63) is 40.9 Å². The number of halogens is 1. The second kappa shape index (κ2) is 10.0. The van der Waals surface area contributed by atoms with Gasteiger partial charge in [0.25, 0.3) is 0 Å². The van der Waals surface area contributed by atoms with Crippen LogP contribution in [0.1, 0.15) is 36.8 Å². The van der Waals surface area contributed by atoms with E-state index in [1.54, 1.807) is 11.3 Å². The predicted octanol–water partition coefficient (Wildman–Crippen LogP) is 4.18. The monoisotopic (exact) mass is 393 g/mol. The number of nitrogens with one attached hydrogen (secondary N) is 2. The SMILES string of the molecule is Cc1nc(-c2ccccc2)sc1CNC(=O)CC(C)C1CCCNC1.Cl. The van der Waals surface area contributed by atoms with Crippen LogP contribution in [0.15, 0.2) is 30.3 Å². The van der Waals surface area contributed by atoms with Crippen LogP contribution in [0.5, 0.6) is 0 Å². The number of benzene rings is 1. The molecule has 1 aliphatic rings. The summed E-state index contributed by atoms with van der Waals surface area (Å²) in [7, 11) is 0. The molecule has 0 radical (unpaired) electrons. The first-order valence-corrected chi connectivity index (χ1v) is 9.94. The van der Waals surface area contributed by atoms with Gasteiger partial charge < -0.3 is 10.6 Å². The molecule has 1 amide bonds. The van der Waals surface area contributed by atoms with Crippen molar-refractivity contribution < 1.29 is 4.79 Å². The predicted molar refractivity (Wildman–Crippen MR) is 111 cm³/mol. The summed E-state index contributed by atoms with van der Waals surface area (Å²) in [6.07, 6.45) is 3.06. The Labute approximate surface area is 166 Å². The molecule has 1 aromatic carbocycles. The van der Waals surface area contributed by atoms with Crippen molar-refractivity contribution in [3.63, 3.8) is 0 Å². The van der Waals surface area contributed by atoms with Gasteiger partial charge in [-0.3, -0.25) is 4.79 Å². The third-order valence-corrected chi connectivity index (χ3v) is 6.21. The molecule has 6 heteroatoms. The van der Waals surface area contributed by atoms with Crippen LogP contribution in [0, 0.1) is 18.8 Å². The lowest BCUT2D eigenvalue weighted by atomic mass is 9.85. The van der Waals surface area contributed by atoms with Gasteiger partial charge in [0.2, 0.25) is 5.91 Å². The fourth-order valence-corrected chi connectivity index (χ4v) is 4.38. The maximum atomic E-state index is 12.3. The Morgan fingerprint density at radius 2 is 2.15 bits per heavy atom. The minimum Gasteiger partial charge on any atom is -0.351 e. The molecule has 2 aromatic rings. The molecule has 0 saturated carbocycles. The van der Waals surface area contributed by atoms with E-state index in [0.717, 1.165) is 34.2 Å². The van der Waals surface area contributed by atoms with Crippen LogP contribution in [-0.4, -0.2) is 24.0 Å². The van der Waals surface area contributed by atoms with Gasteiger partial charge in [-0.2, -0.15) is 0 Å². The van der Waals surface area contributed by atoms with Crippen molar-refractivity contribution in [3.8, 4) is 10.6 Å². The molecule has 2 atom stereocenters. The van der Waals surface area contributed by atoms with Crippen LogP contribution in [0.3, 0.4) is 0 Å². The van der Waals surface area contributed by atoms with Gasteiger partial charge in [0, 0.05) is 16.9 Å². The van der Waals surface area contributed by atoms with Gasteiger partial charge in [0.05, 0.1) is 12.2 Å². The number of carbonyl (C=O) groups is 1. The lowest BCUT2D eigenvalue weighted by Gasteiger charge is -2.28. The number of hydrogen-bond acceptors (Lipinski definition) is 4. The summed E-state index contributed by atoms with van der Waals surface area (Å²) in [5.41, 5.74) is 2.14. The standard InChI is InChI=1S/C20H27N3OS.ClH/c1-14(17-9-6-10-21-12-17)11-19(24)22-13-18-15(2)23-20(25-18)16-7-4-3-5-8-16;/h3-5,7-8,14,17,21H,6,9-13H2,1-2H3,(H,22,24);1H. The molecule has 1 fully saturated rings. The number of nitrogens with zero attached hydrogens (tertiary/aromatic N) is 1. The van der Waals surface area contributed by atoms with E-state index < -0.39 is 0 Å². The topological polar surface area (TPSA) is 54.0 Å². The van der Waals surface area contributed by atoms with Crippen LogP contribution in [0.25, 0.3) is 10.6 Å². The molecule has 1 aliphatic heterocycles. The minimum absolute atomic E-state index is 0. The Morgan fingerprint density at radius 3 is 2.85 bits per heavy atom. The van der Waals surface area contributed by atoms with Gasteiger partial charge in [0.1, 0.15) is 5.01 Å². The van der Waals surface area contributed by atoms with Gasteiger partial charge in [-0.1, -0.05) is 37.3 Å². The van der Waals surface area contributed by atoms with Crippen LogP contribution in [0.4, 0.5) is 0 Å². The summed E-state index contributed by atoms with van der Waals surface area (Å²) in [4.78, 5) is 18.1. The summed E-state index contributed by atoms with van der Waals surface area (Å²) in [5, 5.41) is 7.54. The van der Waals surface area contributed by atoms with Crippen molar-refractivity contribution in [1.82, 2.24) is 15.6 Å². The van der Waals surface area contributed by atoms with Crippen molar-refractivity contribution >= 4 is 29.7 Å². The molecule has 142 valence electrons. The van der Waals surface area contributed by atoms with E-state index >= 15 is 0 Å². The first kappa shape index (κ1) is 20.9. The number of thiazole rings is 1. The molecular formula is C20H28ClN3OS. The number of hydrogen-bond donors (Lipinski definition) is 2. The zero-order valence-corrected chi connectivity index (χ0v) is 17.1. The van der Waals surface area contributed by atoms with Crippen molar-refractivity contribution in [2.24, 2.45) is 11.8 Å². The maximum absolute atomic E-state index is 12.3. The fourth-order valence-electron chi connectivity index (χ4n) is 3.37. The highest BCUT2D eigenvalue weighted by atomic mass is 35.5. The molecule has 0 bridgehead atoms. The van der Waals surface area contributed by atoms with Crippen LogP contribution in [-0.2, 0) is 11.3 Å². The van der Waals surface area contributed by atoms with Crippen molar-refractivity contribution in [2.75, 3.05) is 13.1 Å². The highest BCUT2D eigenvalue weighted by Crippen LogP contribution is 2.28. The Kier molecular flexibility index (Phi) is 8.07. The Bertz CT molecular complexity index is 698. The summed E-state index contributed by atoms with van der Waals surface area (Å²) in [6.45, 7) is 6.95. The Balaban J connectivity index is 0.00000243. The molecule has 2 unspecified atom stereocenters. The molecule has 3 rings (SSSR count). The van der Waals surface area contributed by atoms with E-state index in [1.165, 1.54) is 12.8 Å². The number of aryl methyl sites for hydroxylation is 1. The van der Waals surface area contributed by atoms with Crippen molar-refractivity contribution in [2.45, 2.75) is 39.7 Å². The molecule has 26 heavy (non-hydrogen) atoms. The average molecular weight is 394 g/mol. The number of rotatable bonds is 6.